The summed E-state index contributed by atoms with van der Waals surface area (Å²) in [6.07, 6.45) is 5.75. The number of carbonyl (C=O) groups excluding carboxylic acids is 1. The standard InChI is InChI=1S/C27H27N7O2/c1-3-24(35)32-22-8-5-12-29-26(22)20-7-4-6-17-15-30-27(34-25(17)20)33-21-10-9-18(14-23(21)36-2)31-19-11-13-28-16-19/h3-10,12,14-15,19,28,31H,1,11,13,16H2,2H3,(H,32,35)(H,30,33,34). The minimum absolute atomic E-state index is 0.310. The van der Waals surface area contributed by atoms with Crippen LogP contribution in [0.1, 0.15) is 6.42 Å². The van der Waals surface area contributed by atoms with Crippen LogP contribution in [0.4, 0.5) is 23.0 Å². The molecule has 9 heteroatoms. The zero-order valence-electron chi connectivity index (χ0n) is 19.9. The molecule has 1 fully saturated rings. The Hall–Kier alpha value is -4.50. The average molecular weight is 482 g/mol. The summed E-state index contributed by atoms with van der Waals surface area (Å²) in [6.45, 7) is 5.50. The van der Waals surface area contributed by atoms with E-state index < -0.39 is 0 Å². The first kappa shape index (κ1) is 23.3. The van der Waals surface area contributed by atoms with Crippen molar-refractivity contribution in [2.45, 2.75) is 12.5 Å². The van der Waals surface area contributed by atoms with Crippen LogP contribution in [-0.4, -0.2) is 47.1 Å². The summed E-state index contributed by atoms with van der Waals surface area (Å²) in [5, 5.41) is 13.8. The summed E-state index contributed by atoms with van der Waals surface area (Å²) in [7, 11) is 1.64. The van der Waals surface area contributed by atoms with Gasteiger partial charge in [0.15, 0.2) is 0 Å². The third-order valence-electron chi connectivity index (χ3n) is 6.00. The number of nitrogens with one attached hydrogen (secondary N) is 4. The van der Waals surface area contributed by atoms with E-state index >= 15 is 0 Å². The molecular formula is C27H27N7O2. The molecule has 2 aromatic carbocycles. The van der Waals surface area contributed by atoms with E-state index in [-0.39, 0.29) is 5.91 Å². The van der Waals surface area contributed by atoms with Gasteiger partial charge in [0.25, 0.3) is 0 Å². The Morgan fingerprint density at radius 2 is 2.08 bits per heavy atom. The molecule has 0 spiro atoms. The molecule has 0 bridgehead atoms. The Kier molecular flexibility index (Phi) is 6.72. The molecule has 9 nitrogen and oxygen atoms in total. The van der Waals surface area contributed by atoms with Gasteiger partial charge in [0.1, 0.15) is 5.75 Å². The van der Waals surface area contributed by atoms with Crippen LogP contribution in [0, 0.1) is 0 Å². The molecule has 1 aliphatic rings. The molecule has 1 unspecified atom stereocenters. The molecule has 4 aromatic rings. The minimum Gasteiger partial charge on any atom is -0.494 e. The van der Waals surface area contributed by atoms with Crippen LogP contribution in [0.25, 0.3) is 22.2 Å². The fourth-order valence-corrected chi connectivity index (χ4v) is 4.23. The second-order valence-electron chi connectivity index (χ2n) is 8.40. The lowest BCUT2D eigenvalue weighted by Gasteiger charge is -2.16. The molecule has 2 aromatic heterocycles. The molecule has 1 saturated heterocycles. The predicted molar refractivity (Wildman–Crippen MR) is 143 cm³/mol. The van der Waals surface area contributed by atoms with E-state index in [1.54, 1.807) is 31.6 Å². The number of anilines is 4. The summed E-state index contributed by atoms with van der Waals surface area (Å²) in [5.74, 6) is 0.791. The molecule has 1 aliphatic heterocycles. The predicted octanol–water partition coefficient (Wildman–Crippen LogP) is 4.34. The zero-order chi connectivity index (χ0) is 24.9. The zero-order valence-corrected chi connectivity index (χ0v) is 19.9. The van der Waals surface area contributed by atoms with Gasteiger partial charge in [0, 0.05) is 47.7 Å². The molecule has 1 atom stereocenters. The number of ether oxygens (including phenoxy) is 1. The second-order valence-corrected chi connectivity index (χ2v) is 8.40. The van der Waals surface area contributed by atoms with E-state index in [9.17, 15) is 4.79 Å². The number of pyridine rings is 1. The molecule has 4 N–H and O–H groups in total. The van der Waals surface area contributed by atoms with Crippen molar-refractivity contribution in [3.63, 3.8) is 0 Å². The first-order chi connectivity index (χ1) is 17.6. The molecule has 0 radical (unpaired) electrons. The number of rotatable bonds is 8. The smallest absolute Gasteiger partial charge is 0.247 e. The third-order valence-corrected chi connectivity index (χ3v) is 6.00. The highest BCUT2D eigenvalue weighted by Crippen LogP contribution is 2.33. The molecule has 0 saturated carbocycles. The van der Waals surface area contributed by atoms with Gasteiger partial charge in [-0.25, -0.2) is 9.97 Å². The van der Waals surface area contributed by atoms with E-state index in [0.717, 1.165) is 41.8 Å². The normalized spacial score (nSPS) is 14.9. The van der Waals surface area contributed by atoms with Crippen LogP contribution in [0.15, 0.2) is 73.6 Å². The fourth-order valence-electron chi connectivity index (χ4n) is 4.23. The van der Waals surface area contributed by atoms with Crippen molar-refractivity contribution in [3.05, 3.63) is 73.6 Å². The van der Waals surface area contributed by atoms with E-state index in [2.05, 4.69) is 37.8 Å². The largest absolute Gasteiger partial charge is 0.494 e. The van der Waals surface area contributed by atoms with Crippen LogP contribution in [0.3, 0.4) is 0 Å². The number of amides is 1. The van der Waals surface area contributed by atoms with Crippen molar-refractivity contribution in [1.82, 2.24) is 20.3 Å². The quantitative estimate of drug-likeness (QED) is 0.275. The minimum atomic E-state index is -0.310. The summed E-state index contributed by atoms with van der Waals surface area (Å²) < 4.78 is 5.63. The number of benzene rings is 2. The van der Waals surface area contributed by atoms with Gasteiger partial charge in [-0.3, -0.25) is 9.78 Å². The van der Waals surface area contributed by atoms with Crippen molar-refractivity contribution < 1.29 is 9.53 Å². The number of hydrogen-bond donors (Lipinski definition) is 4. The van der Waals surface area contributed by atoms with E-state index in [4.69, 9.17) is 9.72 Å². The van der Waals surface area contributed by atoms with Gasteiger partial charge >= 0.3 is 0 Å². The summed E-state index contributed by atoms with van der Waals surface area (Å²) in [6, 6.07) is 15.7. The Morgan fingerprint density at radius 1 is 1.17 bits per heavy atom. The lowest BCUT2D eigenvalue weighted by Crippen LogP contribution is -2.22. The van der Waals surface area contributed by atoms with Crippen LogP contribution in [0.5, 0.6) is 5.75 Å². The maximum absolute atomic E-state index is 12.0. The maximum Gasteiger partial charge on any atom is 0.247 e. The van der Waals surface area contributed by atoms with E-state index in [1.807, 2.05) is 36.4 Å². The summed E-state index contributed by atoms with van der Waals surface area (Å²) >= 11 is 0. The fraction of sp³-hybridized carbons (Fsp3) is 0.185. The van der Waals surface area contributed by atoms with Crippen LogP contribution < -0.4 is 26.0 Å². The molecular weight excluding hydrogens is 454 g/mol. The van der Waals surface area contributed by atoms with Crippen molar-refractivity contribution in [1.29, 1.82) is 0 Å². The highest BCUT2D eigenvalue weighted by atomic mass is 16.5. The molecule has 36 heavy (non-hydrogen) atoms. The van der Waals surface area contributed by atoms with E-state index in [1.165, 1.54) is 6.08 Å². The first-order valence-electron chi connectivity index (χ1n) is 11.7. The van der Waals surface area contributed by atoms with Gasteiger partial charge in [-0.2, -0.15) is 0 Å². The average Bonchev–Trinajstić information content (AvgIpc) is 3.42. The van der Waals surface area contributed by atoms with Crippen molar-refractivity contribution in [3.8, 4) is 17.0 Å². The lowest BCUT2D eigenvalue weighted by molar-refractivity contribution is -0.111. The van der Waals surface area contributed by atoms with Crippen molar-refractivity contribution >= 4 is 39.8 Å². The van der Waals surface area contributed by atoms with Gasteiger partial charge in [-0.1, -0.05) is 24.8 Å². The Balaban J connectivity index is 1.47. The summed E-state index contributed by atoms with van der Waals surface area (Å²) in [5.41, 5.74) is 4.41. The first-order valence-corrected chi connectivity index (χ1v) is 11.7. The SMILES string of the molecule is C=CC(=O)Nc1cccnc1-c1cccc2cnc(Nc3ccc(NC4CCNC4)cc3OC)nc12. The second kappa shape index (κ2) is 10.4. The lowest BCUT2D eigenvalue weighted by atomic mass is 10.1. The van der Waals surface area contributed by atoms with E-state index in [0.29, 0.717) is 34.6 Å². The number of hydrogen-bond acceptors (Lipinski definition) is 8. The van der Waals surface area contributed by atoms with Gasteiger partial charge in [-0.15, -0.1) is 0 Å². The third kappa shape index (κ3) is 4.96. The number of nitrogens with zero attached hydrogens (tertiary/aromatic N) is 3. The Bertz CT molecular complexity index is 1420. The molecule has 5 rings (SSSR count). The van der Waals surface area contributed by atoms with Crippen LogP contribution >= 0.6 is 0 Å². The van der Waals surface area contributed by atoms with Gasteiger partial charge < -0.3 is 26.0 Å². The number of fused-ring (bicyclic) bond motifs is 1. The molecule has 3 heterocycles. The highest BCUT2D eigenvalue weighted by molar-refractivity contribution is 6.03. The Labute approximate surface area is 209 Å². The van der Waals surface area contributed by atoms with Gasteiger partial charge in [0.05, 0.1) is 29.7 Å². The van der Waals surface area contributed by atoms with Crippen molar-refractivity contribution in [2.75, 3.05) is 36.1 Å². The topological polar surface area (TPSA) is 113 Å². The number of aromatic nitrogens is 3. The van der Waals surface area contributed by atoms with Crippen LogP contribution in [-0.2, 0) is 4.79 Å². The maximum atomic E-state index is 12.0. The molecule has 0 aliphatic carbocycles. The monoisotopic (exact) mass is 481 g/mol. The molecule has 182 valence electrons. The number of methoxy groups -OCH3 is 1. The molecule has 1 amide bonds. The number of para-hydroxylation sites is 1. The Morgan fingerprint density at radius 3 is 2.89 bits per heavy atom. The van der Waals surface area contributed by atoms with Crippen LogP contribution in [0.2, 0.25) is 0 Å². The van der Waals surface area contributed by atoms with Gasteiger partial charge in [0.2, 0.25) is 11.9 Å². The number of carbonyl (C=O) groups is 1. The summed E-state index contributed by atoms with van der Waals surface area (Å²) in [4.78, 5) is 25.8. The highest BCUT2D eigenvalue weighted by Gasteiger charge is 2.16. The van der Waals surface area contributed by atoms with Crippen molar-refractivity contribution in [2.24, 2.45) is 0 Å². The van der Waals surface area contributed by atoms with Gasteiger partial charge in [-0.05, 0) is 43.3 Å².